The second-order valence-electron chi connectivity index (χ2n) is 5.67. The maximum atomic E-state index is 13.4. The lowest BCUT2D eigenvalue weighted by molar-refractivity contribution is -0.123. The standard InChI is InChI=1S/C18H16ClFN2O3/c19-12-5-7-14(8-6-12)22-10-13(9-18(22)24)21-17(23)11-25-16-4-2-1-3-15(16)20/h1-8,13H,9-11H2,(H,21,23)/t13-/m0/s1. The second kappa shape index (κ2) is 7.53. The van der Waals surface area contributed by atoms with Crippen molar-refractivity contribution in [2.24, 2.45) is 0 Å². The van der Waals surface area contributed by atoms with E-state index in [1.54, 1.807) is 35.2 Å². The average molecular weight is 363 g/mol. The summed E-state index contributed by atoms with van der Waals surface area (Å²) >= 11 is 5.85. The van der Waals surface area contributed by atoms with Gasteiger partial charge in [-0.2, -0.15) is 0 Å². The number of hydrogen-bond acceptors (Lipinski definition) is 3. The number of carbonyl (C=O) groups excluding carboxylic acids is 2. The Kier molecular flexibility index (Phi) is 5.19. The first-order valence-electron chi connectivity index (χ1n) is 7.75. The molecule has 1 aliphatic rings. The molecule has 1 atom stereocenters. The monoisotopic (exact) mass is 362 g/mol. The minimum Gasteiger partial charge on any atom is -0.481 e. The molecule has 25 heavy (non-hydrogen) atoms. The first kappa shape index (κ1) is 17.2. The maximum absolute atomic E-state index is 13.4. The van der Waals surface area contributed by atoms with Crippen LogP contribution in [0.5, 0.6) is 5.75 Å². The number of hydrogen-bond donors (Lipinski definition) is 1. The summed E-state index contributed by atoms with van der Waals surface area (Å²) in [7, 11) is 0. The van der Waals surface area contributed by atoms with Crippen molar-refractivity contribution in [3.63, 3.8) is 0 Å². The fraction of sp³-hybridized carbons (Fsp3) is 0.222. The van der Waals surface area contributed by atoms with Gasteiger partial charge in [0.1, 0.15) is 0 Å². The van der Waals surface area contributed by atoms with Crippen LogP contribution in [-0.4, -0.2) is 31.0 Å². The molecule has 3 rings (SSSR count). The first-order valence-corrected chi connectivity index (χ1v) is 8.13. The molecule has 1 N–H and O–H groups in total. The third-order valence-electron chi connectivity index (χ3n) is 3.82. The number of halogens is 2. The average Bonchev–Trinajstić information content (AvgIpc) is 2.95. The molecular formula is C18H16ClFN2O3. The van der Waals surface area contributed by atoms with E-state index in [4.69, 9.17) is 16.3 Å². The molecule has 0 unspecified atom stereocenters. The van der Waals surface area contributed by atoms with E-state index in [2.05, 4.69) is 5.32 Å². The van der Waals surface area contributed by atoms with Gasteiger partial charge in [0.05, 0.1) is 6.04 Å². The summed E-state index contributed by atoms with van der Waals surface area (Å²) < 4.78 is 18.6. The Hall–Kier alpha value is -2.60. The smallest absolute Gasteiger partial charge is 0.258 e. The van der Waals surface area contributed by atoms with Crippen molar-refractivity contribution in [3.05, 3.63) is 59.4 Å². The van der Waals surface area contributed by atoms with Crippen LogP contribution in [-0.2, 0) is 9.59 Å². The SMILES string of the molecule is O=C(COc1ccccc1F)N[C@H]1CC(=O)N(c2ccc(Cl)cc2)C1. The molecule has 0 aliphatic carbocycles. The molecule has 0 saturated carbocycles. The number of rotatable bonds is 5. The van der Waals surface area contributed by atoms with E-state index in [0.717, 1.165) is 5.69 Å². The molecular weight excluding hydrogens is 347 g/mol. The summed E-state index contributed by atoms with van der Waals surface area (Å²) in [5.74, 6) is -0.996. The van der Waals surface area contributed by atoms with Crippen LogP contribution < -0.4 is 15.0 Å². The number of ether oxygens (including phenoxy) is 1. The predicted molar refractivity (Wildman–Crippen MR) is 92.2 cm³/mol. The Morgan fingerprint density at radius 2 is 1.96 bits per heavy atom. The molecule has 7 heteroatoms. The van der Waals surface area contributed by atoms with Gasteiger partial charge in [-0.25, -0.2) is 4.39 Å². The van der Waals surface area contributed by atoms with Crippen LogP contribution in [0, 0.1) is 5.82 Å². The van der Waals surface area contributed by atoms with E-state index in [9.17, 15) is 14.0 Å². The first-order chi connectivity index (χ1) is 12.0. The molecule has 2 aromatic rings. The zero-order valence-electron chi connectivity index (χ0n) is 13.2. The Bertz CT molecular complexity index is 782. The van der Waals surface area contributed by atoms with Crippen LogP contribution in [0.4, 0.5) is 10.1 Å². The van der Waals surface area contributed by atoms with E-state index >= 15 is 0 Å². The zero-order valence-corrected chi connectivity index (χ0v) is 14.0. The number of amides is 2. The summed E-state index contributed by atoms with van der Waals surface area (Å²) in [5, 5.41) is 3.32. The molecule has 130 valence electrons. The van der Waals surface area contributed by atoms with Gasteiger partial charge in [0, 0.05) is 23.7 Å². The molecule has 2 amide bonds. The van der Waals surface area contributed by atoms with Gasteiger partial charge >= 0.3 is 0 Å². The van der Waals surface area contributed by atoms with Gasteiger partial charge in [0.25, 0.3) is 5.91 Å². The molecule has 1 saturated heterocycles. The van der Waals surface area contributed by atoms with Gasteiger partial charge in [-0.3, -0.25) is 9.59 Å². The minimum absolute atomic E-state index is 0.0166. The van der Waals surface area contributed by atoms with E-state index < -0.39 is 11.7 Å². The highest BCUT2D eigenvalue weighted by molar-refractivity contribution is 6.30. The van der Waals surface area contributed by atoms with Gasteiger partial charge in [0.15, 0.2) is 18.2 Å². The van der Waals surface area contributed by atoms with Crippen molar-refractivity contribution < 1.29 is 18.7 Å². The normalized spacial score (nSPS) is 16.8. The summed E-state index contributed by atoms with van der Waals surface area (Å²) in [6.07, 6.45) is 0.202. The predicted octanol–water partition coefficient (Wildman–Crippen LogP) is 2.78. The van der Waals surface area contributed by atoms with Gasteiger partial charge in [-0.05, 0) is 36.4 Å². The largest absolute Gasteiger partial charge is 0.481 e. The number of benzene rings is 2. The van der Waals surface area contributed by atoms with Crippen molar-refractivity contribution in [2.75, 3.05) is 18.1 Å². The lowest BCUT2D eigenvalue weighted by Crippen LogP contribution is -2.39. The topological polar surface area (TPSA) is 58.6 Å². The summed E-state index contributed by atoms with van der Waals surface area (Å²) in [6.45, 7) is 0.0540. The molecule has 1 fully saturated rings. The third kappa shape index (κ3) is 4.28. The van der Waals surface area contributed by atoms with Crippen LogP contribution in [0.2, 0.25) is 5.02 Å². The number of nitrogens with zero attached hydrogens (tertiary/aromatic N) is 1. The fourth-order valence-corrected chi connectivity index (χ4v) is 2.78. The molecule has 1 heterocycles. The second-order valence-corrected chi connectivity index (χ2v) is 6.10. The molecule has 0 radical (unpaired) electrons. The lowest BCUT2D eigenvalue weighted by Gasteiger charge is -2.17. The number of para-hydroxylation sites is 1. The highest BCUT2D eigenvalue weighted by Gasteiger charge is 2.31. The van der Waals surface area contributed by atoms with Gasteiger partial charge in [0.2, 0.25) is 5.91 Å². The van der Waals surface area contributed by atoms with Crippen LogP contribution in [0.1, 0.15) is 6.42 Å². The van der Waals surface area contributed by atoms with E-state index in [0.29, 0.717) is 11.6 Å². The molecule has 0 aromatic heterocycles. The Balaban J connectivity index is 1.53. The Morgan fingerprint density at radius 3 is 2.68 bits per heavy atom. The maximum Gasteiger partial charge on any atom is 0.258 e. The van der Waals surface area contributed by atoms with Crippen LogP contribution >= 0.6 is 11.6 Å². The minimum atomic E-state index is -0.528. The summed E-state index contributed by atoms with van der Waals surface area (Å²) in [6, 6.07) is 12.5. The van der Waals surface area contributed by atoms with Crippen molar-refractivity contribution in [2.45, 2.75) is 12.5 Å². The van der Waals surface area contributed by atoms with Gasteiger partial charge < -0.3 is 15.0 Å². The van der Waals surface area contributed by atoms with Crippen molar-refractivity contribution >= 4 is 29.1 Å². The van der Waals surface area contributed by atoms with Crippen molar-refractivity contribution in [3.8, 4) is 5.75 Å². The van der Waals surface area contributed by atoms with E-state index in [-0.39, 0.29) is 30.7 Å². The van der Waals surface area contributed by atoms with Gasteiger partial charge in [-0.1, -0.05) is 23.7 Å². The Morgan fingerprint density at radius 1 is 1.24 bits per heavy atom. The quantitative estimate of drug-likeness (QED) is 0.889. The number of nitrogens with one attached hydrogen (secondary N) is 1. The Labute approximate surface area is 149 Å². The molecule has 0 spiro atoms. The van der Waals surface area contributed by atoms with Crippen molar-refractivity contribution in [1.29, 1.82) is 0 Å². The van der Waals surface area contributed by atoms with Crippen LogP contribution in [0.25, 0.3) is 0 Å². The lowest BCUT2D eigenvalue weighted by atomic mass is 10.2. The molecule has 5 nitrogen and oxygen atoms in total. The number of anilines is 1. The van der Waals surface area contributed by atoms with Crippen LogP contribution in [0.3, 0.4) is 0 Å². The molecule has 1 aliphatic heterocycles. The molecule has 0 bridgehead atoms. The number of carbonyl (C=O) groups is 2. The summed E-state index contributed by atoms with van der Waals surface area (Å²) in [5.41, 5.74) is 0.730. The van der Waals surface area contributed by atoms with E-state index in [1.165, 1.54) is 18.2 Å². The fourth-order valence-electron chi connectivity index (χ4n) is 2.65. The highest BCUT2D eigenvalue weighted by Crippen LogP contribution is 2.23. The summed E-state index contributed by atoms with van der Waals surface area (Å²) in [4.78, 5) is 25.7. The van der Waals surface area contributed by atoms with E-state index in [1.807, 2.05) is 0 Å². The molecule has 2 aromatic carbocycles. The van der Waals surface area contributed by atoms with Crippen molar-refractivity contribution in [1.82, 2.24) is 5.32 Å². The van der Waals surface area contributed by atoms with Gasteiger partial charge in [-0.15, -0.1) is 0 Å². The highest BCUT2D eigenvalue weighted by atomic mass is 35.5. The third-order valence-corrected chi connectivity index (χ3v) is 4.08. The zero-order chi connectivity index (χ0) is 17.8. The van der Waals surface area contributed by atoms with Crippen LogP contribution in [0.15, 0.2) is 48.5 Å².